The monoisotopic (exact) mass is 529 g/mol. The largest absolute Gasteiger partial charge is 0.460 e. The van der Waals surface area contributed by atoms with Crippen LogP contribution in [0.4, 0.5) is 11.4 Å². The van der Waals surface area contributed by atoms with Crippen LogP contribution in [0.3, 0.4) is 0 Å². The average Bonchev–Trinajstić information content (AvgIpc) is 2.92. The highest BCUT2D eigenvalue weighted by Gasteiger charge is 2.41. The zero-order valence-corrected chi connectivity index (χ0v) is 23.6. The first kappa shape index (κ1) is 27.0. The molecule has 0 amide bonds. The van der Waals surface area contributed by atoms with Crippen LogP contribution in [-0.2, 0) is 19.1 Å². The number of dihydropyridines is 1. The van der Waals surface area contributed by atoms with E-state index in [0.29, 0.717) is 37.2 Å². The molecular formula is C32H39N3O4. The van der Waals surface area contributed by atoms with Gasteiger partial charge in [0.2, 0.25) is 0 Å². The highest BCUT2D eigenvalue weighted by molar-refractivity contribution is 6.04. The van der Waals surface area contributed by atoms with Crippen molar-refractivity contribution < 1.29 is 19.1 Å². The Morgan fingerprint density at radius 1 is 1.00 bits per heavy atom. The molecule has 7 nitrogen and oxygen atoms in total. The molecule has 0 bridgehead atoms. The van der Waals surface area contributed by atoms with Crippen LogP contribution in [0.1, 0.15) is 56.6 Å². The predicted molar refractivity (Wildman–Crippen MR) is 154 cm³/mol. The second-order valence-electron chi connectivity index (χ2n) is 11.1. The number of rotatable bonds is 6. The van der Waals surface area contributed by atoms with Gasteiger partial charge in [-0.15, -0.1) is 0 Å². The van der Waals surface area contributed by atoms with Crippen LogP contribution in [0.2, 0.25) is 0 Å². The van der Waals surface area contributed by atoms with Crippen molar-refractivity contribution in [1.29, 1.82) is 0 Å². The van der Waals surface area contributed by atoms with Gasteiger partial charge in [0.25, 0.3) is 0 Å². The van der Waals surface area contributed by atoms with E-state index in [-0.39, 0.29) is 23.8 Å². The average molecular weight is 530 g/mol. The molecule has 206 valence electrons. The maximum Gasteiger partial charge on any atom is 0.337 e. The van der Waals surface area contributed by atoms with E-state index < -0.39 is 5.92 Å². The van der Waals surface area contributed by atoms with Gasteiger partial charge in [-0.1, -0.05) is 24.3 Å². The summed E-state index contributed by atoms with van der Waals surface area (Å²) in [5.74, 6) is -0.676. The Hall–Kier alpha value is -3.58. The summed E-state index contributed by atoms with van der Waals surface area (Å²) in [4.78, 5) is 31.6. The van der Waals surface area contributed by atoms with Gasteiger partial charge < -0.3 is 24.6 Å². The van der Waals surface area contributed by atoms with Crippen LogP contribution >= 0.6 is 0 Å². The Balaban J connectivity index is 1.50. The molecule has 2 aromatic rings. The molecule has 2 aromatic carbocycles. The number of benzene rings is 2. The molecule has 1 aliphatic carbocycles. The molecule has 1 fully saturated rings. The highest BCUT2D eigenvalue weighted by Crippen LogP contribution is 2.46. The van der Waals surface area contributed by atoms with Crippen LogP contribution in [0.5, 0.6) is 0 Å². The minimum absolute atomic E-state index is 0.0787. The van der Waals surface area contributed by atoms with Crippen molar-refractivity contribution in [1.82, 2.24) is 5.32 Å². The molecule has 0 aromatic heterocycles. The molecule has 2 heterocycles. The van der Waals surface area contributed by atoms with Gasteiger partial charge in [0.15, 0.2) is 5.78 Å². The lowest BCUT2D eigenvalue weighted by atomic mass is 9.71. The van der Waals surface area contributed by atoms with Crippen molar-refractivity contribution in [2.45, 2.75) is 51.6 Å². The minimum atomic E-state index is -0.462. The topological polar surface area (TPSA) is 71.1 Å². The third kappa shape index (κ3) is 5.59. The van der Waals surface area contributed by atoms with Gasteiger partial charge in [0.1, 0.15) is 0 Å². The molecule has 7 heteroatoms. The molecule has 1 N–H and O–H groups in total. The van der Waals surface area contributed by atoms with Crippen molar-refractivity contribution in [3.05, 3.63) is 82.2 Å². The summed E-state index contributed by atoms with van der Waals surface area (Å²) in [6, 6.07) is 16.7. The van der Waals surface area contributed by atoms with Crippen molar-refractivity contribution in [3.8, 4) is 0 Å². The lowest BCUT2D eigenvalue weighted by Gasteiger charge is -2.37. The molecule has 0 radical (unpaired) electrons. The molecule has 2 aliphatic heterocycles. The van der Waals surface area contributed by atoms with E-state index in [1.165, 1.54) is 0 Å². The maximum absolute atomic E-state index is 13.9. The molecule has 0 unspecified atom stereocenters. The van der Waals surface area contributed by atoms with Crippen LogP contribution < -0.4 is 15.1 Å². The van der Waals surface area contributed by atoms with Gasteiger partial charge in [-0.2, -0.15) is 0 Å². The van der Waals surface area contributed by atoms with Gasteiger partial charge in [0.05, 0.1) is 24.9 Å². The third-order valence-electron chi connectivity index (χ3n) is 7.87. The van der Waals surface area contributed by atoms with Gasteiger partial charge in [-0.05, 0) is 68.5 Å². The van der Waals surface area contributed by atoms with Crippen molar-refractivity contribution in [3.63, 3.8) is 0 Å². The molecule has 0 spiro atoms. The standard InChI is InChI=1S/C32H39N3O4/c1-20(2)39-32(37)29-21(3)33-27-18-24(22-6-10-25(11-7-22)34(4)5)19-28(36)31(27)30(29)23-8-12-26(13-9-23)35-14-16-38-17-15-35/h6-13,20,24,30,33H,14-19H2,1-5H3/t24-,30+/m1/s1. The third-order valence-corrected chi connectivity index (χ3v) is 7.87. The quantitative estimate of drug-likeness (QED) is 0.534. The normalized spacial score (nSPS) is 21.6. The zero-order valence-electron chi connectivity index (χ0n) is 23.6. The molecule has 39 heavy (non-hydrogen) atoms. The molecule has 3 aliphatic rings. The first-order valence-corrected chi connectivity index (χ1v) is 13.9. The van der Waals surface area contributed by atoms with Gasteiger partial charge >= 0.3 is 5.97 Å². The molecule has 5 rings (SSSR count). The Morgan fingerprint density at radius 3 is 2.26 bits per heavy atom. The van der Waals surface area contributed by atoms with Gasteiger partial charge in [-0.25, -0.2) is 4.79 Å². The number of hydrogen-bond donors (Lipinski definition) is 1. The summed E-state index contributed by atoms with van der Waals surface area (Å²) in [6.45, 7) is 8.73. The van der Waals surface area contributed by atoms with Crippen molar-refractivity contribution in [2.24, 2.45) is 0 Å². The Morgan fingerprint density at radius 2 is 1.64 bits per heavy atom. The summed E-state index contributed by atoms with van der Waals surface area (Å²) < 4.78 is 11.2. The molecule has 2 atom stereocenters. The highest BCUT2D eigenvalue weighted by atomic mass is 16.5. The van der Waals surface area contributed by atoms with Gasteiger partial charge in [0, 0.05) is 67.9 Å². The lowest BCUT2D eigenvalue weighted by molar-refractivity contribution is -0.143. The minimum Gasteiger partial charge on any atom is -0.460 e. The van der Waals surface area contributed by atoms with E-state index >= 15 is 0 Å². The fourth-order valence-corrected chi connectivity index (χ4v) is 5.90. The molecule has 0 saturated carbocycles. The number of nitrogens with one attached hydrogen (secondary N) is 1. The smallest absolute Gasteiger partial charge is 0.337 e. The first-order chi connectivity index (χ1) is 18.7. The number of Topliss-reactive ketones (excluding diaryl/α,β-unsaturated/α-hetero) is 1. The number of morpholine rings is 1. The Bertz CT molecular complexity index is 1290. The number of anilines is 2. The number of carbonyl (C=O) groups is 2. The second kappa shape index (κ2) is 11.3. The number of carbonyl (C=O) groups excluding carboxylic acids is 2. The number of esters is 1. The van der Waals surface area contributed by atoms with E-state index in [1.54, 1.807) is 0 Å². The number of ketones is 1. The van der Waals surface area contributed by atoms with E-state index in [0.717, 1.165) is 47.0 Å². The van der Waals surface area contributed by atoms with Gasteiger partial charge in [-0.3, -0.25) is 4.79 Å². The van der Waals surface area contributed by atoms with Crippen LogP contribution in [0, 0.1) is 0 Å². The predicted octanol–water partition coefficient (Wildman–Crippen LogP) is 4.90. The lowest BCUT2D eigenvalue weighted by Crippen LogP contribution is -2.37. The summed E-state index contributed by atoms with van der Waals surface area (Å²) in [5, 5.41) is 3.45. The van der Waals surface area contributed by atoms with Crippen molar-refractivity contribution >= 4 is 23.1 Å². The molecular weight excluding hydrogens is 490 g/mol. The van der Waals surface area contributed by atoms with E-state index in [2.05, 4.69) is 63.6 Å². The van der Waals surface area contributed by atoms with Crippen LogP contribution in [0.25, 0.3) is 0 Å². The summed E-state index contributed by atoms with van der Waals surface area (Å²) in [6.07, 6.45) is 0.874. The van der Waals surface area contributed by atoms with E-state index in [9.17, 15) is 9.59 Å². The first-order valence-electron chi connectivity index (χ1n) is 13.9. The fourth-order valence-electron chi connectivity index (χ4n) is 5.90. The summed E-state index contributed by atoms with van der Waals surface area (Å²) >= 11 is 0. The van der Waals surface area contributed by atoms with E-state index in [4.69, 9.17) is 9.47 Å². The Labute approximate surface area is 231 Å². The Kier molecular flexibility index (Phi) is 7.80. The number of allylic oxidation sites excluding steroid dienone is 3. The van der Waals surface area contributed by atoms with Crippen LogP contribution in [-0.4, -0.2) is 58.3 Å². The maximum atomic E-state index is 13.9. The van der Waals surface area contributed by atoms with Crippen molar-refractivity contribution in [2.75, 3.05) is 50.2 Å². The summed E-state index contributed by atoms with van der Waals surface area (Å²) in [5.41, 5.74) is 7.20. The second-order valence-corrected chi connectivity index (χ2v) is 11.1. The number of ether oxygens (including phenoxy) is 2. The zero-order chi connectivity index (χ0) is 27.7. The van der Waals surface area contributed by atoms with E-state index in [1.807, 2.05) is 34.9 Å². The van der Waals surface area contributed by atoms with Crippen LogP contribution in [0.15, 0.2) is 71.1 Å². The molecule has 1 saturated heterocycles. The number of hydrogen-bond acceptors (Lipinski definition) is 7. The SMILES string of the molecule is CC1=C(C(=O)OC(C)C)[C@H](c2ccc(N3CCOCC3)cc2)C2=C(C[C@@H](c3ccc(N(C)C)cc3)CC2=O)N1. The fraction of sp³-hybridized carbons (Fsp3) is 0.438. The summed E-state index contributed by atoms with van der Waals surface area (Å²) in [7, 11) is 4.04. The number of nitrogens with zero attached hydrogens (tertiary/aromatic N) is 2.